The number of aliphatic hydroxyl groups is 1. The number of nitrogens with zero attached hydrogens (tertiary/aromatic N) is 2. The van der Waals surface area contributed by atoms with Gasteiger partial charge in [-0.25, -0.2) is 0 Å². The number of aliphatic hydroxyl groups excluding tert-OH is 1. The lowest BCUT2D eigenvalue weighted by Gasteiger charge is -2.02. The van der Waals surface area contributed by atoms with E-state index in [0.29, 0.717) is 0 Å². The van der Waals surface area contributed by atoms with Crippen LogP contribution in [0.5, 0.6) is 0 Å². The molecule has 0 spiro atoms. The Balaban J connectivity index is 2.87. The number of aryl methyl sites for hydroxylation is 2. The van der Waals surface area contributed by atoms with Crippen LogP contribution in [0.3, 0.4) is 0 Å². The first kappa shape index (κ1) is 8.26. The Hall–Kier alpha value is -1.35. The number of hydrogen-bond donors (Lipinski definition) is 1. The predicted octanol–water partition coefficient (Wildman–Crippen LogP) is 1.37. The SMILES string of the molecule is Cc1ccc(CO)c2cnn(C)c12. The van der Waals surface area contributed by atoms with Crippen LogP contribution in [-0.4, -0.2) is 14.9 Å². The molecular formula is C10H12N2O. The lowest BCUT2D eigenvalue weighted by Crippen LogP contribution is -1.92. The van der Waals surface area contributed by atoms with Crippen molar-refractivity contribution in [3.8, 4) is 0 Å². The van der Waals surface area contributed by atoms with Crippen molar-refractivity contribution in [2.24, 2.45) is 7.05 Å². The van der Waals surface area contributed by atoms with Crippen molar-refractivity contribution in [3.63, 3.8) is 0 Å². The molecule has 1 aromatic carbocycles. The Morgan fingerprint density at radius 1 is 1.46 bits per heavy atom. The van der Waals surface area contributed by atoms with Gasteiger partial charge in [0.2, 0.25) is 0 Å². The topological polar surface area (TPSA) is 38.1 Å². The fourth-order valence-electron chi connectivity index (χ4n) is 1.67. The van der Waals surface area contributed by atoms with Crippen LogP contribution >= 0.6 is 0 Å². The average Bonchev–Trinajstić information content (AvgIpc) is 2.50. The minimum absolute atomic E-state index is 0.0719. The molecule has 0 amide bonds. The fraction of sp³-hybridized carbons (Fsp3) is 0.300. The zero-order valence-corrected chi connectivity index (χ0v) is 7.78. The second kappa shape index (κ2) is 2.85. The summed E-state index contributed by atoms with van der Waals surface area (Å²) in [5, 5.41) is 14.3. The number of rotatable bonds is 1. The van der Waals surface area contributed by atoms with Gasteiger partial charge in [0.1, 0.15) is 0 Å². The summed E-state index contributed by atoms with van der Waals surface area (Å²) in [6, 6.07) is 3.95. The first-order valence-electron chi connectivity index (χ1n) is 4.25. The quantitative estimate of drug-likeness (QED) is 0.712. The third kappa shape index (κ3) is 1.12. The van der Waals surface area contributed by atoms with E-state index in [1.165, 1.54) is 5.56 Å². The van der Waals surface area contributed by atoms with Crippen molar-refractivity contribution < 1.29 is 5.11 Å². The van der Waals surface area contributed by atoms with Crippen LogP contribution in [0, 0.1) is 6.92 Å². The van der Waals surface area contributed by atoms with E-state index in [2.05, 4.69) is 5.10 Å². The summed E-state index contributed by atoms with van der Waals surface area (Å²) in [6.07, 6.45) is 1.80. The van der Waals surface area contributed by atoms with Crippen LogP contribution in [0.4, 0.5) is 0 Å². The molecule has 3 heteroatoms. The molecular weight excluding hydrogens is 164 g/mol. The molecule has 0 bridgehead atoms. The summed E-state index contributed by atoms with van der Waals surface area (Å²) < 4.78 is 1.84. The van der Waals surface area contributed by atoms with Gasteiger partial charge in [-0.3, -0.25) is 4.68 Å². The summed E-state index contributed by atoms with van der Waals surface area (Å²) in [4.78, 5) is 0. The summed E-state index contributed by atoms with van der Waals surface area (Å²) in [6.45, 7) is 2.12. The van der Waals surface area contributed by atoms with E-state index in [9.17, 15) is 0 Å². The highest BCUT2D eigenvalue weighted by atomic mass is 16.3. The van der Waals surface area contributed by atoms with Crippen LogP contribution in [-0.2, 0) is 13.7 Å². The minimum atomic E-state index is 0.0719. The smallest absolute Gasteiger partial charge is 0.0711 e. The van der Waals surface area contributed by atoms with Crippen molar-refractivity contribution >= 4 is 10.9 Å². The van der Waals surface area contributed by atoms with E-state index in [-0.39, 0.29) is 6.61 Å². The second-order valence-corrected chi connectivity index (χ2v) is 3.23. The zero-order chi connectivity index (χ0) is 9.42. The monoisotopic (exact) mass is 176 g/mol. The van der Waals surface area contributed by atoms with Crippen molar-refractivity contribution in [2.45, 2.75) is 13.5 Å². The van der Waals surface area contributed by atoms with Gasteiger partial charge >= 0.3 is 0 Å². The highest BCUT2D eigenvalue weighted by Crippen LogP contribution is 2.21. The van der Waals surface area contributed by atoms with E-state index >= 15 is 0 Å². The standard InChI is InChI=1S/C10H12N2O/c1-7-3-4-8(6-13)9-5-11-12(2)10(7)9/h3-5,13H,6H2,1-2H3. The Bertz CT molecular complexity index is 445. The van der Waals surface area contributed by atoms with Crippen LogP contribution in [0.2, 0.25) is 0 Å². The van der Waals surface area contributed by atoms with Gasteiger partial charge in [0.25, 0.3) is 0 Å². The van der Waals surface area contributed by atoms with E-state index < -0.39 is 0 Å². The third-order valence-corrected chi connectivity index (χ3v) is 2.36. The Morgan fingerprint density at radius 2 is 2.23 bits per heavy atom. The van der Waals surface area contributed by atoms with Gasteiger partial charge in [-0.1, -0.05) is 12.1 Å². The van der Waals surface area contributed by atoms with Gasteiger partial charge in [0.05, 0.1) is 18.3 Å². The Labute approximate surface area is 76.6 Å². The molecule has 0 saturated carbocycles. The lowest BCUT2D eigenvalue weighted by molar-refractivity contribution is 0.283. The molecule has 0 atom stereocenters. The van der Waals surface area contributed by atoms with E-state index in [4.69, 9.17) is 5.11 Å². The molecule has 0 radical (unpaired) electrons. The molecule has 3 nitrogen and oxygen atoms in total. The Kier molecular flexibility index (Phi) is 1.81. The lowest BCUT2D eigenvalue weighted by atomic mass is 10.1. The minimum Gasteiger partial charge on any atom is -0.392 e. The summed E-state index contributed by atoms with van der Waals surface area (Å²) in [7, 11) is 1.91. The van der Waals surface area contributed by atoms with E-state index in [0.717, 1.165) is 16.5 Å². The first-order valence-corrected chi connectivity index (χ1v) is 4.25. The summed E-state index contributed by atoms with van der Waals surface area (Å²) >= 11 is 0. The maximum Gasteiger partial charge on any atom is 0.0711 e. The molecule has 0 aliphatic carbocycles. The molecule has 2 rings (SSSR count). The van der Waals surface area contributed by atoms with Gasteiger partial charge in [-0.05, 0) is 18.1 Å². The number of benzene rings is 1. The molecule has 13 heavy (non-hydrogen) atoms. The van der Waals surface area contributed by atoms with Crippen molar-refractivity contribution in [3.05, 3.63) is 29.5 Å². The van der Waals surface area contributed by atoms with Crippen molar-refractivity contribution in [1.82, 2.24) is 9.78 Å². The molecule has 0 saturated heterocycles. The summed E-state index contributed by atoms with van der Waals surface area (Å²) in [5.41, 5.74) is 3.23. The second-order valence-electron chi connectivity index (χ2n) is 3.23. The van der Waals surface area contributed by atoms with Gasteiger partial charge < -0.3 is 5.11 Å². The summed E-state index contributed by atoms with van der Waals surface area (Å²) in [5.74, 6) is 0. The van der Waals surface area contributed by atoms with Crippen molar-refractivity contribution in [2.75, 3.05) is 0 Å². The third-order valence-electron chi connectivity index (χ3n) is 2.36. The molecule has 0 unspecified atom stereocenters. The zero-order valence-electron chi connectivity index (χ0n) is 7.78. The van der Waals surface area contributed by atoms with Gasteiger partial charge in [0.15, 0.2) is 0 Å². The van der Waals surface area contributed by atoms with Crippen LogP contribution < -0.4 is 0 Å². The maximum atomic E-state index is 9.10. The molecule has 1 N–H and O–H groups in total. The highest BCUT2D eigenvalue weighted by molar-refractivity contribution is 5.85. The van der Waals surface area contributed by atoms with E-state index in [1.807, 2.05) is 30.8 Å². The molecule has 1 aromatic heterocycles. The van der Waals surface area contributed by atoms with Gasteiger partial charge in [0, 0.05) is 12.4 Å². The number of aromatic nitrogens is 2. The van der Waals surface area contributed by atoms with Gasteiger partial charge in [-0.15, -0.1) is 0 Å². The van der Waals surface area contributed by atoms with Crippen LogP contribution in [0.25, 0.3) is 10.9 Å². The molecule has 2 aromatic rings. The number of hydrogen-bond acceptors (Lipinski definition) is 2. The molecule has 0 fully saturated rings. The Morgan fingerprint density at radius 3 is 2.92 bits per heavy atom. The highest BCUT2D eigenvalue weighted by Gasteiger charge is 2.06. The molecule has 68 valence electrons. The number of fused-ring (bicyclic) bond motifs is 1. The molecule has 0 aliphatic heterocycles. The first-order chi connectivity index (χ1) is 6.24. The van der Waals surface area contributed by atoms with E-state index in [1.54, 1.807) is 6.20 Å². The maximum absolute atomic E-state index is 9.10. The predicted molar refractivity (Wildman–Crippen MR) is 51.4 cm³/mol. The van der Waals surface area contributed by atoms with Crippen LogP contribution in [0.15, 0.2) is 18.3 Å². The average molecular weight is 176 g/mol. The molecule has 1 heterocycles. The molecule has 0 aliphatic rings. The fourth-order valence-corrected chi connectivity index (χ4v) is 1.67. The van der Waals surface area contributed by atoms with Gasteiger partial charge in [-0.2, -0.15) is 5.10 Å². The van der Waals surface area contributed by atoms with Crippen LogP contribution in [0.1, 0.15) is 11.1 Å². The normalized spacial score (nSPS) is 11.0. The largest absolute Gasteiger partial charge is 0.392 e. The van der Waals surface area contributed by atoms with Crippen molar-refractivity contribution in [1.29, 1.82) is 0 Å².